The lowest BCUT2D eigenvalue weighted by atomic mass is 10.1. The molecule has 1 aliphatic heterocycles. The van der Waals surface area contributed by atoms with Crippen LogP contribution in [0.15, 0.2) is 42.0 Å². The smallest absolute Gasteiger partial charge is 0.328 e. The summed E-state index contributed by atoms with van der Waals surface area (Å²) < 4.78 is 12.4. The van der Waals surface area contributed by atoms with Gasteiger partial charge in [-0.3, -0.25) is 20.2 Å². The van der Waals surface area contributed by atoms with Gasteiger partial charge in [0.15, 0.2) is 11.5 Å². The summed E-state index contributed by atoms with van der Waals surface area (Å²) >= 11 is 8.10. The van der Waals surface area contributed by atoms with Crippen LogP contribution in [0.1, 0.15) is 18.1 Å². The third-order valence-corrected chi connectivity index (χ3v) is 4.89. The summed E-state index contributed by atoms with van der Waals surface area (Å²) in [5, 5.41) is 4.70. The van der Waals surface area contributed by atoms with E-state index in [-0.39, 0.29) is 5.57 Å². The minimum Gasteiger partial charge on any atom is -0.490 e. The summed E-state index contributed by atoms with van der Waals surface area (Å²) in [5.74, 6) is -0.496. The summed E-state index contributed by atoms with van der Waals surface area (Å²) in [6, 6.07) is 9.92. The third-order valence-electron chi connectivity index (χ3n) is 3.86. The van der Waals surface area contributed by atoms with Crippen molar-refractivity contribution < 1.29 is 23.9 Å². The van der Waals surface area contributed by atoms with Crippen molar-refractivity contribution in [3.8, 4) is 11.5 Å². The molecule has 1 fully saturated rings. The molecule has 2 aromatic carbocycles. The number of hydrogen-bond donors (Lipinski definition) is 2. The number of hydrogen-bond acceptors (Lipinski definition) is 5. The van der Waals surface area contributed by atoms with Gasteiger partial charge in [0, 0.05) is 5.02 Å². The number of imide groups is 2. The lowest BCUT2D eigenvalue weighted by Crippen LogP contribution is -2.51. The molecule has 0 radical (unpaired) electrons. The number of carbonyl (C=O) groups excluding carboxylic acids is 3. The standard InChI is InChI=1S/C20H16ClIN2O5/c1-2-28-16-9-12(7-14-18(25)23-20(27)24-19(14)26)8-15(22)17(16)29-10-11-4-3-5-13(21)6-11/h3-9H,2,10H2,1H3,(H2,23,24,25,26,27). The van der Waals surface area contributed by atoms with Crippen LogP contribution in [0.2, 0.25) is 5.02 Å². The SMILES string of the molecule is CCOc1cc(C=C2C(=O)NC(=O)NC2=O)cc(I)c1OCc1cccc(Cl)c1. The van der Waals surface area contributed by atoms with E-state index < -0.39 is 17.8 Å². The monoisotopic (exact) mass is 526 g/mol. The molecule has 0 atom stereocenters. The van der Waals surface area contributed by atoms with E-state index in [0.717, 1.165) is 9.13 Å². The highest BCUT2D eigenvalue weighted by atomic mass is 127. The Hall–Kier alpha value is -2.59. The number of nitrogens with one attached hydrogen (secondary N) is 2. The average Bonchev–Trinajstić information content (AvgIpc) is 2.64. The fraction of sp³-hybridized carbons (Fsp3) is 0.150. The first kappa shape index (κ1) is 21.1. The lowest BCUT2D eigenvalue weighted by Gasteiger charge is -2.16. The lowest BCUT2D eigenvalue weighted by molar-refractivity contribution is -0.123. The van der Waals surface area contributed by atoms with Gasteiger partial charge >= 0.3 is 6.03 Å². The number of urea groups is 1. The minimum atomic E-state index is -0.841. The van der Waals surface area contributed by atoms with Gasteiger partial charge < -0.3 is 9.47 Å². The topological polar surface area (TPSA) is 93.7 Å². The van der Waals surface area contributed by atoms with Gasteiger partial charge in [0.2, 0.25) is 0 Å². The fourth-order valence-corrected chi connectivity index (χ4v) is 3.62. The van der Waals surface area contributed by atoms with Gasteiger partial charge in [0.05, 0.1) is 10.2 Å². The van der Waals surface area contributed by atoms with Crippen molar-refractivity contribution in [1.82, 2.24) is 10.6 Å². The Bertz CT molecular complexity index is 1000. The largest absolute Gasteiger partial charge is 0.490 e. The van der Waals surface area contributed by atoms with Crippen molar-refractivity contribution >= 4 is 58.1 Å². The van der Waals surface area contributed by atoms with Crippen LogP contribution in [0.3, 0.4) is 0 Å². The van der Waals surface area contributed by atoms with Crippen LogP contribution in [0, 0.1) is 3.57 Å². The molecular weight excluding hydrogens is 511 g/mol. The summed E-state index contributed by atoms with van der Waals surface area (Å²) in [6.07, 6.45) is 1.39. The van der Waals surface area contributed by atoms with E-state index in [0.29, 0.717) is 35.3 Å². The van der Waals surface area contributed by atoms with E-state index >= 15 is 0 Å². The van der Waals surface area contributed by atoms with Crippen LogP contribution >= 0.6 is 34.2 Å². The number of benzene rings is 2. The van der Waals surface area contributed by atoms with Gasteiger partial charge in [-0.15, -0.1) is 0 Å². The molecule has 150 valence electrons. The first-order chi connectivity index (χ1) is 13.9. The number of amides is 4. The van der Waals surface area contributed by atoms with Gasteiger partial charge in [-0.05, 0) is 71.0 Å². The molecule has 3 rings (SSSR count). The molecule has 2 aromatic rings. The zero-order chi connectivity index (χ0) is 21.0. The molecule has 0 bridgehead atoms. The summed E-state index contributed by atoms with van der Waals surface area (Å²) in [6.45, 7) is 2.54. The van der Waals surface area contributed by atoms with E-state index in [1.54, 1.807) is 18.2 Å². The molecule has 0 aromatic heterocycles. The van der Waals surface area contributed by atoms with Crippen LogP contribution < -0.4 is 20.1 Å². The van der Waals surface area contributed by atoms with Gasteiger partial charge in [0.25, 0.3) is 11.8 Å². The quantitative estimate of drug-likeness (QED) is 0.340. The normalized spacial score (nSPS) is 13.6. The Kier molecular flexibility index (Phi) is 6.75. The Morgan fingerprint density at radius 3 is 2.45 bits per heavy atom. The number of halogens is 2. The second kappa shape index (κ2) is 9.27. The predicted molar refractivity (Wildman–Crippen MR) is 116 cm³/mol. The Morgan fingerprint density at radius 1 is 1.07 bits per heavy atom. The maximum absolute atomic E-state index is 11.9. The number of ether oxygens (including phenoxy) is 2. The maximum atomic E-state index is 11.9. The maximum Gasteiger partial charge on any atom is 0.328 e. The molecule has 29 heavy (non-hydrogen) atoms. The van der Waals surface area contributed by atoms with E-state index in [1.807, 2.05) is 35.8 Å². The van der Waals surface area contributed by atoms with Crippen LogP contribution in [0.4, 0.5) is 4.79 Å². The third kappa shape index (κ3) is 5.27. The van der Waals surface area contributed by atoms with Crippen LogP contribution in [0.5, 0.6) is 11.5 Å². The molecule has 0 aliphatic carbocycles. The molecule has 1 saturated heterocycles. The van der Waals surface area contributed by atoms with Gasteiger partial charge in [-0.1, -0.05) is 23.7 Å². The minimum absolute atomic E-state index is 0.171. The van der Waals surface area contributed by atoms with Gasteiger partial charge in [-0.2, -0.15) is 0 Å². The Balaban J connectivity index is 1.90. The fourth-order valence-electron chi connectivity index (χ4n) is 2.63. The molecule has 2 N–H and O–H groups in total. The first-order valence-electron chi connectivity index (χ1n) is 8.59. The summed E-state index contributed by atoms with van der Waals surface area (Å²) in [5.41, 5.74) is 1.29. The van der Waals surface area contributed by atoms with E-state index in [1.165, 1.54) is 6.08 Å². The first-order valence-corrected chi connectivity index (χ1v) is 10.0. The Morgan fingerprint density at radius 2 is 1.79 bits per heavy atom. The molecule has 0 unspecified atom stereocenters. The molecule has 7 nitrogen and oxygen atoms in total. The van der Waals surface area contributed by atoms with E-state index in [4.69, 9.17) is 21.1 Å². The molecule has 1 heterocycles. The second-order valence-electron chi connectivity index (χ2n) is 5.98. The average molecular weight is 527 g/mol. The number of rotatable bonds is 6. The van der Waals surface area contributed by atoms with E-state index in [2.05, 4.69) is 22.6 Å². The molecule has 9 heteroatoms. The van der Waals surface area contributed by atoms with Crippen molar-refractivity contribution in [2.45, 2.75) is 13.5 Å². The van der Waals surface area contributed by atoms with Crippen LogP contribution in [0.25, 0.3) is 6.08 Å². The number of barbiturate groups is 1. The van der Waals surface area contributed by atoms with Crippen LogP contribution in [-0.2, 0) is 16.2 Å². The van der Waals surface area contributed by atoms with Crippen molar-refractivity contribution in [2.24, 2.45) is 0 Å². The second-order valence-corrected chi connectivity index (χ2v) is 7.58. The highest BCUT2D eigenvalue weighted by Gasteiger charge is 2.28. The van der Waals surface area contributed by atoms with Crippen molar-refractivity contribution in [1.29, 1.82) is 0 Å². The molecule has 4 amide bonds. The zero-order valence-corrected chi connectivity index (χ0v) is 18.2. The number of carbonyl (C=O) groups is 3. The predicted octanol–water partition coefficient (Wildman–Crippen LogP) is 3.67. The zero-order valence-electron chi connectivity index (χ0n) is 15.3. The van der Waals surface area contributed by atoms with Crippen molar-refractivity contribution in [2.75, 3.05) is 6.61 Å². The van der Waals surface area contributed by atoms with Gasteiger partial charge in [0.1, 0.15) is 12.2 Å². The summed E-state index contributed by atoms with van der Waals surface area (Å²) in [7, 11) is 0. The molecular formula is C20H16ClIN2O5. The highest BCUT2D eigenvalue weighted by molar-refractivity contribution is 14.1. The summed E-state index contributed by atoms with van der Waals surface area (Å²) in [4.78, 5) is 35.1. The van der Waals surface area contributed by atoms with Crippen molar-refractivity contribution in [3.63, 3.8) is 0 Å². The highest BCUT2D eigenvalue weighted by Crippen LogP contribution is 2.35. The molecule has 1 aliphatic rings. The molecule has 0 saturated carbocycles. The van der Waals surface area contributed by atoms with E-state index in [9.17, 15) is 14.4 Å². The van der Waals surface area contributed by atoms with Crippen molar-refractivity contribution in [3.05, 3.63) is 61.7 Å². The van der Waals surface area contributed by atoms with Crippen LogP contribution in [-0.4, -0.2) is 24.5 Å². The molecule has 0 spiro atoms. The van der Waals surface area contributed by atoms with Gasteiger partial charge in [-0.25, -0.2) is 4.79 Å². The Labute approximate surface area is 185 Å².